The van der Waals surface area contributed by atoms with Gasteiger partial charge < -0.3 is 10.0 Å². The summed E-state index contributed by atoms with van der Waals surface area (Å²) in [6.45, 7) is 3.65. The fourth-order valence-electron chi connectivity index (χ4n) is 4.46. The minimum atomic E-state index is -3.21. The quantitative estimate of drug-likeness (QED) is 0.808. The molecule has 0 unspecified atom stereocenters. The summed E-state index contributed by atoms with van der Waals surface area (Å²) < 4.78 is 23.2. The van der Waals surface area contributed by atoms with Crippen LogP contribution in [0.15, 0.2) is 53.4 Å². The molecule has 0 radical (unpaired) electrons. The lowest BCUT2D eigenvalue weighted by Gasteiger charge is -2.31. The van der Waals surface area contributed by atoms with Gasteiger partial charge in [-0.05, 0) is 55.1 Å². The maximum atomic E-state index is 11.6. The second-order valence-electron chi connectivity index (χ2n) is 7.97. The third kappa shape index (κ3) is 4.09. The summed E-state index contributed by atoms with van der Waals surface area (Å²) in [5, 5.41) is 10.7. The van der Waals surface area contributed by atoms with E-state index in [1.807, 2.05) is 0 Å². The van der Waals surface area contributed by atoms with Crippen LogP contribution >= 0.6 is 0 Å². The molecular formula is C22H28N2O3S. The molecule has 5 nitrogen and oxygen atoms in total. The van der Waals surface area contributed by atoms with Crippen LogP contribution in [0.5, 0.6) is 0 Å². The van der Waals surface area contributed by atoms with E-state index >= 15 is 0 Å². The third-order valence-corrected chi connectivity index (χ3v) is 7.14. The van der Waals surface area contributed by atoms with E-state index in [4.69, 9.17) is 0 Å². The molecule has 150 valence electrons. The van der Waals surface area contributed by atoms with Gasteiger partial charge in [-0.3, -0.25) is 4.90 Å². The topological polar surface area (TPSA) is 60.9 Å². The highest BCUT2D eigenvalue weighted by molar-refractivity contribution is 7.90. The highest BCUT2D eigenvalue weighted by atomic mass is 32.2. The first-order valence-electron chi connectivity index (χ1n) is 9.97. The number of hydrogen-bond donors (Lipinski definition) is 1. The first-order chi connectivity index (χ1) is 13.4. The Morgan fingerprint density at radius 3 is 2.61 bits per heavy atom. The number of hydrogen-bond acceptors (Lipinski definition) is 5. The second-order valence-corrected chi connectivity index (χ2v) is 9.99. The molecule has 2 heterocycles. The number of nitrogens with zero attached hydrogens (tertiary/aromatic N) is 2. The SMILES string of the molecule is CS(=O)(=O)c1ccc([C@H](O)CN2CCC[C@@H]2CN2CCc3ccccc32)cc1. The number of anilines is 1. The summed E-state index contributed by atoms with van der Waals surface area (Å²) >= 11 is 0. The maximum Gasteiger partial charge on any atom is 0.175 e. The number of sulfone groups is 1. The highest BCUT2D eigenvalue weighted by Crippen LogP contribution is 2.30. The molecule has 28 heavy (non-hydrogen) atoms. The van der Waals surface area contributed by atoms with Crippen molar-refractivity contribution in [2.75, 3.05) is 37.3 Å². The standard InChI is InChI=1S/C22H28N2O3S/c1-28(26,27)20-10-8-18(9-11-20)22(25)16-23-13-4-6-19(23)15-24-14-12-17-5-2-3-7-21(17)24/h2-3,5,7-11,19,22,25H,4,6,12-16H2,1H3/t19-,22-/m1/s1. The fourth-order valence-corrected chi connectivity index (χ4v) is 5.09. The van der Waals surface area contributed by atoms with Gasteiger partial charge in [-0.25, -0.2) is 8.42 Å². The van der Waals surface area contributed by atoms with Gasteiger partial charge in [-0.2, -0.15) is 0 Å². The lowest BCUT2D eigenvalue weighted by Crippen LogP contribution is -2.41. The van der Waals surface area contributed by atoms with E-state index in [2.05, 4.69) is 34.1 Å². The normalized spacial score (nSPS) is 21.1. The molecule has 1 fully saturated rings. The van der Waals surface area contributed by atoms with Crippen LogP contribution in [0.4, 0.5) is 5.69 Å². The summed E-state index contributed by atoms with van der Waals surface area (Å²) in [5.41, 5.74) is 3.55. The average molecular weight is 401 g/mol. The molecule has 2 aromatic carbocycles. The first kappa shape index (κ1) is 19.4. The Hall–Kier alpha value is -1.89. The molecule has 0 aromatic heterocycles. The van der Waals surface area contributed by atoms with Crippen LogP contribution in [0.3, 0.4) is 0 Å². The van der Waals surface area contributed by atoms with Gasteiger partial charge in [0.1, 0.15) is 0 Å². The van der Waals surface area contributed by atoms with Crippen molar-refractivity contribution in [3.63, 3.8) is 0 Å². The number of rotatable bonds is 6. The predicted molar refractivity (Wildman–Crippen MR) is 111 cm³/mol. The molecule has 2 aliphatic heterocycles. The molecule has 2 aromatic rings. The Morgan fingerprint density at radius 1 is 1.11 bits per heavy atom. The Balaban J connectivity index is 1.40. The van der Waals surface area contributed by atoms with Crippen molar-refractivity contribution >= 4 is 15.5 Å². The fraction of sp³-hybridized carbons (Fsp3) is 0.455. The number of likely N-dealkylation sites (tertiary alicyclic amines) is 1. The third-order valence-electron chi connectivity index (χ3n) is 6.01. The van der Waals surface area contributed by atoms with Crippen LogP contribution < -0.4 is 4.90 Å². The summed E-state index contributed by atoms with van der Waals surface area (Å²) in [6.07, 6.45) is 4.00. The zero-order chi connectivity index (χ0) is 19.7. The van der Waals surface area contributed by atoms with E-state index in [9.17, 15) is 13.5 Å². The van der Waals surface area contributed by atoms with Gasteiger partial charge in [0, 0.05) is 37.6 Å². The Labute approximate surface area is 167 Å². The molecular weight excluding hydrogens is 372 g/mol. The van der Waals surface area contributed by atoms with E-state index in [1.54, 1.807) is 24.3 Å². The van der Waals surface area contributed by atoms with Gasteiger partial charge in [-0.15, -0.1) is 0 Å². The number of β-amino-alcohol motifs (C(OH)–C–C–N with tert-alkyl or cyclic N) is 1. The van der Waals surface area contributed by atoms with Crippen molar-refractivity contribution in [2.45, 2.75) is 36.3 Å². The Bertz CT molecular complexity index is 927. The van der Waals surface area contributed by atoms with Crippen molar-refractivity contribution in [1.82, 2.24) is 4.90 Å². The van der Waals surface area contributed by atoms with Crippen molar-refractivity contribution in [3.8, 4) is 0 Å². The smallest absolute Gasteiger partial charge is 0.175 e. The Morgan fingerprint density at radius 2 is 1.86 bits per heavy atom. The van der Waals surface area contributed by atoms with Crippen molar-refractivity contribution < 1.29 is 13.5 Å². The zero-order valence-electron chi connectivity index (χ0n) is 16.3. The minimum Gasteiger partial charge on any atom is -0.387 e. The molecule has 0 aliphatic carbocycles. The number of aliphatic hydroxyl groups is 1. The van der Waals surface area contributed by atoms with Crippen molar-refractivity contribution in [3.05, 3.63) is 59.7 Å². The van der Waals surface area contributed by atoms with Gasteiger partial charge in [0.2, 0.25) is 0 Å². The molecule has 0 bridgehead atoms. The molecule has 6 heteroatoms. The molecule has 4 rings (SSSR count). The second kappa shape index (κ2) is 7.85. The highest BCUT2D eigenvalue weighted by Gasteiger charge is 2.30. The largest absolute Gasteiger partial charge is 0.387 e. The monoisotopic (exact) mass is 400 g/mol. The number of aliphatic hydroxyl groups excluding tert-OH is 1. The lowest BCUT2D eigenvalue weighted by atomic mass is 10.1. The molecule has 0 saturated carbocycles. The number of para-hydroxylation sites is 1. The summed E-state index contributed by atoms with van der Waals surface area (Å²) in [4.78, 5) is 5.15. The van der Waals surface area contributed by atoms with E-state index in [1.165, 1.54) is 17.5 Å². The number of benzene rings is 2. The summed E-state index contributed by atoms with van der Waals surface area (Å²) in [7, 11) is -3.21. The predicted octanol–water partition coefficient (Wildman–Crippen LogP) is 2.65. The van der Waals surface area contributed by atoms with Crippen molar-refractivity contribution in [1.29, 1.82) is 0 Å². The van der Waals surface area contributed by atoms with Crippen LogP contribution in [0, 0.1) is 0 Å². The van der Waals surface area contributed by atoms with Gasteiger partial charge in [0.25, 0.3) is 0 Å². The van der Waals surface area contributed by atoms with Crippen LogP contribution in [0.1, 0.15) is 30.1 Å². The zero-order valence-corrected chi connectivity index (χ0v) is 17.1. The van der Waals surface area contributed by atoms with Gasteiger partial charge in [0.15, 0.2) is 9.84 Å². The van der Waals surface area contributed by atoms with Gasteiger partial charge in [-0.1, -0.05) is 30.3 Å². The summed E-state index contributed by atoms with van der Waals surface area (Å²) in [5.74, 6) is 0. The molecule has 1 N–H and O–H groups in total. The van der Waals surface area contributed by atoms with E-state index in [0.29, 0.717) is 12.6 Å². The Kier molecular flexibility index (Phi) is 5.45. The molecule has 0 amide bonds. The average Bonchev–Trinajstić information content (AvgIpc) is 3.29. The van der Waals surface area contributed by atoms with Crippen LogP contribution in [-0.2, 0) is 16.3 Å². The van der Waals surface area contributed by atoms with Gasteiger partial charge in [0.05, 0.1) is 11.0 Å². The van der Waals surface area contributed by atoms with Crippen LogP contribution in [0.25, 0.3) is 0 Å². The first-order valence-corrected chi connectivity index (χ1v) is 11.9. The minimum absolute atomic E-state index is 0.287. The van der Waals surface area contributed by atoms with Crippen LogP contribution in [-0.4, -0.2) is 56.9 Å². The lowest BCUT2D eigenvalue weighted by molar-refractivity contribution is 0.107. The van der Waals surface area contributed by atoms with Crippen molar-refractivity contribution in [2.24, 2.45) is 0 Å². The van der Waals surface area contributed by atoms with E-state index in [0.717, 1.165) is 44.5 Å². The number of fused-ring (bicyclic) bond motifs is 1. The molecule has 0 spiro atoms. The van der Waals surface area contributed by atoms with Crippen LogP contribution in [0.2, 0.25) is 0 Å². The molecule has 1 saturated heterocycles. The molecule has 2 atom stereocenters. The van der Waals surface area contributed by atoms with E-state index < -0.39 is 15.9 Å². The molecule has 2 aliphatic rings. The summed E-state index contributed by atoms with van der Waals surface area (Å²) in [6, 6.07) is 15.7. The van der Waals surface area contributed by atoms with Gasteiger partial charge >= 0.3 is 0 Å². The maximum absolute atomic E-state index is 11.6. The van der Waals surface area contributed by atoms with E-state index in [-0.39, 0.29) is 4.90 Å².